The quantitative estimate of drug-likeness (QED) is 0.756. The Bertz CT molecular complexity index is 742. The highest BCUT2D eigenvalue weighted by molar-refractivity contribution is 9.10. The van der Waals surface area contributed by atoms with Gasteiger partial charge in [0, 0.05) is 16.2 Å². The lowest BCUT2D eigenvalue weighted by Crippen LogP contribution is -1.97. The van der Waals surface area contributed by atoms with Crippen LogP contribution in [0.5, 0.6) is 0 Å². The van der Waals surface area contributed by atoms with Crippen LogP contribution in [0.4, 0.5) is 17.3 Å². The molecule has 5 heteroatoms. The fourth-order valence-electron chi connectivity index (χ4n) is 1.88. The second-order valence-electron chi connectivity index (χ2n) is 4.16. The average molecular weight is 315 g/mol. The van der Waals surface area contributed by atoms with Gasteiger partial charge in [-0.15, -0.1) is 0 Å². The molecule has 0 aliphatic rings. The van der Waals surface area contributed by atoms with Crippen molar-refractivity contribution >= 4 is 44.0 Å². The number of nitrogens with zero attached hydrogens (tertiary/aromatic N) is 2. The number of anilines is 3. The van der Waals surface area contributed by atoms with Crippen LogP contribution in [-0.4, -0.2) is 9.97 Å². The molecule has 3 aromatic rings. The molecule has 0 bridgehead atoms. The zero-order valence-corrected chi connectivity index (χ0v) is 11.6. The van der Waals surface area contributed by atoms with Gasteiger partial charge < -0.3 is 11.1 Å². The fraction of sp³-hybridized carbons (Fsp3) is 0. The van der Waals surface area contributed by atoms with Gasteiger partial charge in [-0.3, -0.25) is 0 Å². The third-order valence-corrected chi connectivity index (χ3v) is 3.26. The summed E-state index contributed by atoms with van der Waals surface area (Å²) in [5.74, 6) is 1.13. The van der Waals surface area contributed by atoms with Crippen molar-refractivity contribution in [1.29, 1.82) is 0 Å². The Kier molecular flexibility index (Phi) is 3.05. The lowest BCUT2D eigenvalue weighted by atomic mass is 10.1. The molecule has 0 unspecified atom stereocenters. The van der Waals surface area contributed by atoms with Gasteiger partial charge >= 0.3 is 0 Å². The largest absolute Gasteiger partial charge is 0.384 e. The molecule has 0 radical (unpaired) electrons. The summed E-state index contributed by atoms with van der Waals surface area (Å²) in [7, 11) is 0. The van der Waals surface area contributed by atoms with Crippen LogP contribution in [0.25, 0.3) is 10.8 Å². The molecule has 1 heterocycles. The number of nitrogen functional groups attached to an aromatic ring is 1. The van der Waals surface area contributed by atoms with Crippen LogP contribution in [0.3, 0.4) is 0 Å². The first kappa shape index (κ1) is 11.9. The molecule has 3 N–H and O–H groups in total. The van der Waals surface area contributed by atoms with E-state index in [0.29, 0.717) is 11.6 Å². The van der Waals surface area contributed by atoms with E-state index in [9.17, 15) is 0 Å². The van der Waals surface area contributed by atoms with Gasteiger partial charge in [0.1, 0.15) is 18.0 Å². The number of nitrogens with two attached hydrogens (primary N) is 1. The normalized spacial score (nSPS) is 10.6. The molecule has 0 amide bonds. The minimum Gasteiger partial charge on any atom is -0.384 e. The van der Waals surface area contributed by atoms with E-state index in [-0.39, 0.29) is 0 Å². The van der Waals surface area contributed by atoms with Crippen molar-refractivity contribution in [3.8, 4) is 0 Å². The highest BCUT2D eigenvalue weighted by Crippen LogP contribution is 2.24. The molecule has 0 spiro atoms. The van der Waals surface area contributed by atoms with Crippen molar-refractivity contribution in [2.75, 3.05) is 11.1 Å². The van der Waals surface area contributed by atoms with E-state index in [1.54, 1.807) is 6.07 Å². The summed E-state index contributed by atoms with van der Waals surface area (Å²) in [6.45, 7) is 0. The van der Waals surface area contributed by atoms with Crippen molar-refractivity contribution in [3.63, 3.8) is 0 Å². The standard InChI is InChI=1S/C14H11BrN4/c15-11-3-1-10-6-12(4-2-9(10)5-11)19-14-7-13(16)17-8-18-14/h1-8H,(H3,16,17,18,19). The highest BCUT2D eigenvalue weighted by Gasteiger charge is 2.00. The molecule has 0 saturated carbocycles. The summed E-state index contributed by atoms with van der Waals surface area (Å²) in [5.41, 5.74) is 6.59. The molecule has 0 fully saturated rings. The molecule has 19 heavy (non-hydrogen) atoms. The third kappa shape index (κ3) is 2.66. The third-order valence-electron chi connectivity index (χ3n) is 2.76. The van der Waals surface area contributed by atoms with Crippen LogP contribution in [0.1, 0.15) is 0 Å². The summed E-state index contributed by atoms with van der Waals surface area (Å²) in [6.07, 6.45) is 1.44. The summed E-state index contributed by atoms with van der Waals surface area (Å²) in [4.78, 5) is 7.98. The molecule has 0 saturated heterocycles. The van der Waals surface area contributed by atoms with Crippen LogP contribution in [-0.2, 0) is 0 Å². The van der Waals surface area contributed by atoms with E-state index >= 15 is 0 Å². The van der Waals surface area contributed by atoms with Crippen LogP contribution in [0.15, 0.2) is 53.3 Å². The first-order valence-electron chi connectivity index (χ1n) is 5.74. The van der Waals surface area contributed by atoms with Crippen molar-refractivity contribution in [1.82, 2.24) is 9.97 Å². The maximum atomic E-state index is 5.62. The van der Waals surface area contributed by atoms with Gasteiger partial charge in [-0.25, -0.2) is 9.97 Å². The summed E-state index contributed by atoms with van der Waals surface area (Å²) >= 11 is 3.47. The molecule has 2 aromatic carbocycles. The van der Waals surface area contributed by atoms with Crippen LogP contribution >= 0.6 is 15.9 Å². The van der Waals surface area contributed by atoms with Gasteiger partial charge in [-0.05, 0) is 35.0 Å². The number of nitrogens with one attached hydrogen (secondary N) is 1. The number of aromatic nitrogens is 2. The van der Waals surface area contributed by atoms with Crippen molar-refractivity contribution in [3.05, 3.63) is 53.3 Å². The molecule has 0 atom stereocenters. The first-order valence-corrected chi connectivity index (χ1v) is 6.54. The summed E-state index contributed by atoms with van der Waals surface area (Å²) < 4.78 is 1.07. The lowest BCUT2D eigenvalue weighted by Gasteiger charge is -2.07. The van der Waals surface area contributed by atoms with Gasteiger partial charge in [0.25, 0.3) is 0 Å². The Hall–Kier alpha value is -2.14. The Morgan fingerprint density at radius 3 is 2.58 bits per heavy atom. The Labute approximate surface area is 118 Å². The van der Waals surface area contributed by atoms with Gasteiger partial charge in [-0.1, -0.05) is 28.1 Å². The predicted molar refractivity (Wildman–Crippen MR) is 81.4 cm³/mol. The van der Waals surface area contributed by atoms with E-state index in [4.69, 9.17) is 5.73 Å². The van der Waals surface area contributed by atoms with Crippen molar-refractivity contribution in [2.45, 2.75) is 0 Å². The number of fused-ring (bicyclic) bond motifs is 1. The van der Waals surface area contributed by atoms with Crippen molar-refractivity contribution < 1.29 is 0 Å². The van der Waals surface area contributed by atoms with E-state index in [2.05, 4.69) is 55.5 Å². The second-order valence-corrected chi connectivity index (χ2v) is 5.08. The number of benzene rings is 2. The van der Waals surface area contributed by atoms with E-state index in [0.717, 1.165) is 15.5 Å². The fourth-order valence-corrected chi connectivity index (χ4v) is 2.26. The molecule has 94 valence electrons. The topological polar surface area (TPSA) is 63.8 Å². The van der Waals surface area contributed by atoms with E-state index in [1.807, 2.05) is 12.1 Å². The Morgan fingerprint density at radius 2 is 1.74 bits per heavy atom. The lowest BCUT2D eigenvalue weighted by molar-refractivity contribution is 1.18. The minimum atomic E-state index is 0.446. The number of hydrogen-bond donors (Lipinski definition) is 2. The molecule has 0 aliphatic carbocycles. The summed E-state index contributed by atoms with van der Waals surface area (Å²) in [6, 6.07) is 14.0. The van der Waals surface area contributed by atoms with Crippen LogP contribution in [0.2, 0.25) is 0 Å². The van der Waals surface area contributed by atoms with E-state index < -0.39 is 0 Å². The molecule has 4 nitrogen and oxygen atoms in total. The molecule has 0 aliphatic heterocycles. The maximum Gasteiger partial charge on any atom is 0.135 e. The number of hydrogen-bond acceptors (Lipinski definition) is 4. The van der Waals surface area contributed by atoms with Crippen LogP contribution in [0, 0.1) is 0 Å². The zero-order chi connectivity index (χ0) is 13.2. The monoisotopic (exact) mass is 314 g/mol. The summed E-state index contributed by atoms with van der Waals surface area (Å²) in [5, 5.41) is 5.55. The van der Waals surface area contributed by atoms with E-state index in [1.165, 1.54) is 11.7 Å². The Balaban J connectivity index is 1.95. The number of rotatable bonds is 2. The Morgan fingerprint density at radius 1 is 0.947 bits per heavy atom. The molecular formula is C14H11BrN4. The van der Waals surface area contributed by atoms with Gasteiger partial charge in [-0.2, -0.15) is 0 Å². The van der Waals surface area contributed by atoms with Gasteiger partial charge in [0.15, 0.2) is 0 Å². The first-order chi connectivity index (χ1) is 9.20. The molecular weight excluding hydrogens is 304 g/mol. The SMILES string of the molecule is Nc1cc(Nc2ccc3cc(Br)ccc3c2)ncn1. The van der Waals surface area contributed by atoms with Crippen molar-refractivity contribution in [2.24, 2.45) is 0 Å². The number of halogens is 1. The zero-order valence-electron chi connectivity index (χ0n) is 9.97. The predicted octanol–water partition coefficient (Wildman–Crippen LogP) is 3.72. The van der Waals surface area contributed by atoms with Crippen LogP contribution < -0.4 is 11.1 Å². The minimum absolute atomic E-state index is 0.446. The smallest absolute Gasteiger partial charge is 0.135 e. The molecule has 3 rings (SSSR count). The molecule has 1 aromatic heterocycles. The second kappa shape index (κ2) is 4.85. The maximum absolute atomic E-state index is 5.62. The van der Waals surface area contributed by atoms with Gasteiger partial charge in [0.05, 0.1) is 0 Å². The highest BCUT2D eigenvalue weighted by atomic mass is 79.9. The van der Waals surface area contributed by atoms with Gasteiger partial charge in [0.2, 0.25) is 0 Å². The average Bonchev–Trinajstić information content (AvgIpc) is 2.39.